The van der Waals surface area contributed by atoms with Crippen LogP contribution >= 0.6 is 12.6 Å². The average Bonchev–Trinajstić information content (AvgIpc) is 3.08. The van der Waals surface area contributed by atoms with Crippen LogP contribution in [0.1, 0.15) is 22.3 Å². The minimum atomic E-state index is -0.545. The molecule has 0 saturated carbocycles. The van der Waals surface area contributed by atoms with Crippen LogP contribution < -0.4 is 16.4 Å². The number of carbonyl (C=O) groups is 2. The second kappa shape index (κ2) is 7.92. The number of fused-ring (bicyclic) bond motifs is 1. The molecule has 3 rings (SSSR count). The first-order valence-corrected chi connectivity index (χ1v) is 8.71. The molecule has 0 bridgehead atoms. The molecule has 7 nitrogen and oxygen atoms in total. The van der Waals surface area contributed by atoms with Gasteiger partial charge in [-0.3, -0.25) is 9.59 Å². The van der Waals surface area contributed by atoms with Crippen molar-refractivity contribution in [2.24, 2.45) is 5.73 Å². The van der Waals surface area contributed by atoms with Crippen LogP contribution in [0.25, 0.3) is 5.52 Å². The summed E-state index contributed by atoms with van der Waals surface area (Å²) in [5.74, 6) is -0.125. The summed E-state index contributed by atoms with van der Waals surface area (Å²) < 4.78 is 1.67. The maximum atomic E-state index is 11.7. The van der Waals surface area contributed by atoms with E-state index in [1.807, 2.05) is 36.4 Å². The van der Waals surface area contributed by atoms with Crippen molar-refractivity contribution >= 4 is 41.3 Å². The Morgan fingerprint density at radius 2 is 2.08 bits per heavy atom. The molecule has 0 unspecified atom stereocenters. The van der Waals surface area contributed by atoms with Gasteiger partial charge in [-0.05, 0) is 35.6 Å². The van der Waals surface area contributed by atoms with Gasteiger partial charge in [0.05, 0.1) is 23.0 Å². The van der Waals surface area contributed by atoms with Crippen molar-refractivity contribution in [3.63, 3.8) is 0 Å². The Morgan fingerprint density at radius 1 is 1.23 bits per heavy atom. The molecule has 2 heterocycles. The molecule has 2 amide bonds. The molecule has 0 radical (unpaired) electrons. The summed E-state index contributed by atoms with van der Waals surface area (Å²) in [6.07, 6.45) is 3.60. The number of carbonyl (C=O) groups excluding carboxylic acids is 2. The van der Waals surface area contributed by atoms with Crippen molar-refractivity contribution < 1.29 is 9.59 Å². The zero-order chi connectivity index (χ0) is 18.5. The van der Waals surface area contributed by atoms with E-state index in [0.29, 0.717) is 35.7 Å². The fraction of sp³-hybridized carbons (Fsp3) is 0.167. The van der Waals surface area contributed by atoms with E-state index in [0.717, 1.165) is 11.1 Å². The second-order valence-electron chi connectivity index (χ2n) is 5.71. The van der Waals surface area contributed by atoms with Crippen LogP contribution in [0.5, 0.6) is 0 Å². The Bertz CT molecular complexity index is 954. The maximum Gasteiger partial charge on any atom is 0.252 e. The van der Waals surface area contributed by atoms with Crippen LogP contribution in [0.4, 0.5) is 11.4 Å². The number of nitrogens with two attached hydrogens (primary N) is 1. The number of thiol groups is 1. The van der Waals surface area contributed by atoms with Crippen LogP contribution in [0.2, 0.25) is 0 Å². The Labute approximate surface area is 156 Å². The first-order chi connectivity index (χ1) is 12.6. The summed E-state index contributed by atoms with van der Waals surface area (Å²) >= 11 is 4.05. The summed E-state index contributed by atoms with van der Waals surface area (Å²) in [5, 5.41) is 10.3. The Kier molecular flexibility index (Phi) is 5.43. The van der Waals surface area contributed by atoms with Crippen LogP contribution in [-0.2, 0) is 11.3 Å². The molecule has 0 saturated heterocycles. The summed E-state index contributed by atoms with van der Waals surface area (Å²) in [6, 6.07) is 11.2. The van der Waals surface area contributed by atoms with Crippen LogP contribution in [0.3, 0.4) is 0 Å². The van der Waals surface area contributed by atoms with E-state index in [9.17, 15) is 9.59 Å². The first kappa shape index (κ1) is 17.8. The van der Waals surface area contributed by atoms with Gasteiger partial charge in [0.1, 0.15) is 0 Å². The molecule has 1 aromatic carbocycles. The van der Waals surface area contributed by atoms with Crippen molar-refractivity contribution in [1.82, 2.24) is 9.61 Å². The average molecular weight is 369 g/mol. The lowest BCUT2D eigenvalue weighted by Gasteiger charge is -2.13. The molecular weight excluding hydrogens is 350 g/mol. The second-order valence-corrected chi connectivity index (χ2v) is 6.16. The molecule has 2 aromatic heterocycles. The smallest absolute Gasteiger partial charge is 0.252 e. The van der Waals surface area contributed by atoms with Crippen LogP contribution in [-0.4, -0.2) is 27.2 Å². The summed E-state index contributed by atoms with van der Waals surface area (Å²) in [5.41, 5.74) is 8.85. The van der Waals surface area contributed by atoms with Crippen molar-refractivity contribution in [1.29, 1.82) is 0 Å². The van der Waals surface area contributed by atoms with E-state index in [1.54, 1.807) is 10.7 Å². The molecule has 0 fully saturated rings. The van der Waals surface area contributed by atoms with E-state index < -0.39 is 5.91 Å². The Morgan fingerprint density at radius 3 is 2.85 bits per heavy atom. The number of nitrogens with zero attached hydrogens (tertiary/aromatic N) is 2. The third-order valence-corrected chi connectivity index (χ3v) is 4.07. The molecule has 134 valence electrons. The zero-order valence-corrected chi connectivity index (χ0v) is 14.9. The topological polar surface area (TPSA) is 102 Å². The minimum absolute atomic E-state index is 0.0786. The SMILES string of the molecule is NC(=O)c1cnn2cccc2c1NCc1cccc(NC(=O)CCS)c1. The van der Waals surface area contributed by atoms with Gasteiger partial charge in [0.15, 0.2) is 0 Å². The van der Waals surface area contributed by atoms with E-state index in [-0.39, 0.29) is 5.91 Å². The number of nitrogens with one attached hydrogen (secondary N) is 2. The van der Waals surface area contributed by atoms with Crippen molar-refractivity contribution in [2.75, 3.05) is 16.4 Å². The van der Waals surface area contributed by atoms with Gasteiger partial charge in [-0.25, -0.2) is 4.52 Å². The third kappa shape index (κ3) is 3.97. The lowest BCUT2D eigenvalue weighted by Crippen LogP contribution is -2.16. The summed E-state index contributed by atoms with van der Waals surface area (Å²) in [7, 11) is 0. The molecular formula is C18H19N5O2S. The fourth-order valence-corrected chi connectivity index (χ4v) is 2.84. The number of hydrogen-bond acceptors (Lipinski definition) is 5. The predicted octanol–water partition coefficient (Wildman–Crippen LogP) is 2.30. The van der Waals surface area contributed by atoms with Gasteiger partial charge < -0.3 is 16.4 Å². The highest BCUT2D eigenvalue weighted by Gasteiger charge is 2.13. The lowest BCUT2D eigenvalue weighted by molar-refractivity contribution is -0.115. The number of aromatic nitrogens is 2. The molecule has 0 aliphatic heterocycles. The number of amides is 2. The Hall–Kier alpha value is -3.00. The molecule has 4 N–H and O–H groups in total. The molecule has 0 spiro atoms. The fourth-order valence-electron chi connectivity index (χ4n) is 2.64. The normalized spacial score (nSPS) is 10.7. The molecule has 8 heteroatoms. The molecule has 26 heavy (non-hydrogen) atoms. The molecule has 0 atom stereocenters. The highest BCUT2D eigenvalue weighted by molar-refractivity contribution is 7.80. The van der Waals surface area contributed by atoms with Crippen molar-refractivity contribution in [2.45, 2.75) is 13.0 Å². The summed E-state index contributed by atoms with van der Waals surface area (Å²) in [6.45, 7) is 0.460. The van der Waals surface area contributed by atoms with Gasteiger partial charge in [-0.1, -0.05) is 12.1 Å². The molecule has 3 aromatic rings. The molecule has 0 aliphatic carbocycles. The Balaban J connectivity index is 1.80. The quantitative estimate of drug-likeness (QED) is 0.480. The van der Waals surface area contributed by atoms with E-state index in [1.165, 1.54) is 6.20 Å². The number of anilines is 2. The third-order valence-electron chi connectivity index (χ3n) is 3.85. The lowest BCUT2D eigenvalue weighted by atomic mass is 10.1. The van der Waals surface area contributed by atoms with Crippen LogP contribution in [0, 0.1) is 0 Å². The number of primary amides is 1. The van der Waals surface area contributed by atoms with Gasteiger partial charge in [0, 0.05) is 24.8 Å². The standard InChI is InChI=1S/C18H19N5O2S/c19-18(25)14-11-21-23-7-2-5-15(23)17(14)20-10-12-3-1-4-13(9-12)22-16(24)6-8-26/h1-5,7,9,11,20,26H,6,8,10H2,(H2,19,25)(H,22,24). The monoisotopic (exact) mass is 369 g/mol. The van der Waals surface area contributed by atoms with Gasteiger partial charge in [0.25, 0.3) is 5.91 Å². The molecule has 0 aliphatic rings. The van der Waals surface area contributed by atoms with Gasteiger partial charge in [0.2, 0.25) is 5.91 Å². The maximum absolute atomic E-state index is 11.7. The zero-order valence-electron chi connectivity index (χ0n) is 14.0. The summed E-state index contributed by atoms with van der Waals surface area (Å²) in [4.78, 5) is 23.4. The van der Waals surface area contributed by atoms with E-state index >= 15 is 0 Å². The minimum Gasteiger partial charge on any atom is -0.379 e. The van der Waals surface area contributed by atoms with Gasteiger partial charge >= 0.3 is 0 Å². The van der Waals surface area contributed by atoms with Gasteiger partial charge in [-0.2, -0.15) is 17.7 Å². The van der Waals surface area contributed by atoms with Gasteiger partial charge in [-0.15, -0.1) is 0 Å². The van der Waals surface area contributed by atoms with E-state index in [4.69, 9.17) is 5.73 Å². The highest BCUT2D eigenvalue weighted by Crippen LogP contribution is 2.22. The number of benzene rings is 1. The predicted molar refractivity (Wildman–Crippen MR) is 105 cm³/mol. The van der Waals surface area contributed by atoms with Crippen molar-refractivity contribution in [3.8, 4) is 0 Å². The number of rotatable bonds is 7. The highest BCUT2D eigenvalue weighted by atomic mass is 32.1. The first-order valence-electron chi connectivity index (χ1n) is 8.08. The van der Waals surface area contributed by atoms with Crippen molar-refractivity contribution in [3.05, 3.63) is 59.9 Å². The van der Waals surface area contributed by atoms with E-state index in [2.05, 4.69) is 28.4 Å². The largest absolute Gasteiger partial charge is 0.379 e. The van der Waals surface area contributed by atoms with Crippen LogP contribution in [0.15, 0.2) is 48.8 Å². The number of hydrogen-bond donors (Lipinski definition) is 4.